The number of pyridine rings is 1. The van der Waals surface area contributed by atoms with Crippen molar-refractivity contribution in [1.82, 2.24) is 30.4 Å². The van der Waals surface area contributed by atoms with Gasteiger partial charge in [-0.05, 0) is 12.1 Å². The van der Waals surface area contributed by atoms with Gasteiger partial charge in [0.2, 0.25) is 5.82 Å². The van der Waals surface area contributed by atoms with Gasteiger partial charge in [-0.15, -0.1) is 10.2 Å². The van der Waals surface area contributed by atoms with Crippen molar-refractivity contribution in [3.63, 3.8) is 0 Å². The Morgan fingerprint density at radius 2 is 2.18 bits per heavy atom. The number of aromatic nitrogens is 6. The van der Waals surface area contributed by atoms with Crippen LogP contribution in [0.4, 0.5) is 5.82 Å². The molecule has 3 aromatic heterocycles. The molecule has 0 unspecified atom stereocenters. The van der Waals surface area contributed by atoms with Gasteiger partial charge in [-0.1, -0.05) is 0 Å². The van der Waals surface area contributed by atoms with Crippen LogP contribution in [-0.4, -0.2) is 30.4 Å². The van der Waals surface area contributed by atoms with Gasteiger partial charge in [0, 0.05) is 11.6 Å². The van der Waals surface area contributed by atoms with Crippen LogP contribution >= 0.6 is 0 Å². The van der Waals surface area contributed by atoms with E-state index in [1.54, 1.807) is 12.3 Å². The average molecular weight is 229 g/mol. The Balaban J connectivity index is 2.27. The van der Waals surface area contributed by atoms with Crippen LogP contribution in [0.15, 0.2) is 23.1 Å². The first-order chi connectivity index (χ1) is 8.25. The molecule has 0 aliphatic heterocycles. The third kappa shape index (κ3) is 1.42. The summed E-state index contributed by atoms with van der Waals surface area (Å²) in [6.07, 6.45) is 1.63. The number of aromatic amines is 2. The summed E-state index contributed by atoms with van der Waals surface area (Å²) < 4.78 is 0. The minimum atomic E-state index is -0.485. The second-order valence-electron chi connectivity index (χ2n) is 3.36. The molecule has 0 aliphatic carbocycles. The Hall–Kier alpha value is -2.77. The average Bonchev–Trinajstić information content (AvgIpc) is 2.76. The van der Waals surface area contributed by atoms with Crippen molar-refractivity contribution < 1.29 is 0 Å². The smallest absolute Gasteiger partial charge is 0.294 e. The van der Waals surface area contributed by atoms with E-state index in [0.29, 0.717) is 11.3 Å². The summed E-state index contributed by atoms with van der Waals surface area (Å²) >= 11 is 0. The third-order valence-electron chi connectivity index (χ3n) is 2.29. The number of nitrogens with two attached hydrogens (primary N) is 1. The van der Waals surface area contributed by atoms with E-state index in [9.17, 15) is 4.79 Å². The summed E-state index contributed by atoms with van der Waals surface area (Å²) in [5, 5.41) is 14.9. The number of nitrogens with one attached hydrogen (secondary N) is 2. The molecule has 0 saturated carbocycles. The third-order valence-corrected chi connectivity index (χ3v) is 2.29. The van der Waals surface area contributed by atoms with E-state index >= 15 is 0 Å². The molecule has 17 heavy (non-hydrogen) atoms. The van der Waals surface area contributed by atoms with E-state index in [1.165, 1.54) is 0 Å². The lowest BCUT2D eigenvalue weighted by Crippen LogP contribution is -2.16. The van der Waals surface area contributed by atoms with Crippen molar-refractivity contribution in [2.24, 2.45) is 0 Å². The van der Waals surface area contributed by atoms with Gasteiger partial charge in [-0.3, -0.25) is 9.89 Å². The van der Waals surface area contributed by atoms with Crippen LogP contribution in [-0.2, 0) is 0 Å². The van der Waals surface area contributed by atoms with Crippen LogP contribution in [0.2, 0.25) is 0 Å². The van der Waals surface area contributed by atoms with Gasteiger partial charge in [-0.2, -0.15) is 5.10 Å². The van der Waals surface area contributed by atoms with Crippen molar-refractivity contribution >= 4 is 16.9 Å². The zero-order valence-electron chi connectivity index (χ0n) is 8.51. The number of hydrogen-bond acceptors (Lipinski definition) is 6. The van der Waals surface area contributed by atoms with E-state index < -0.39 is 5.56 Å². The van der Waals surface area contributed by atoms with E-state index in [4.69, 9.17) is 5.73 Å². The van der Waals surface area contributed by atoms with Crippen molar-refractivity contribution in [3.8, 4) is 11.5 Å². The molecule has 4 N–H and O–H groups in total. The van der Waals surface area contributed by atoms with Gasteiger partial charge >= 0.3 is 0 Å². The van der Waals surface area contributed by atoms with Gasteiger partial charge in [0.25, 0.3) is 5.56 Å². The maximum absolute atomic E-state index is 11.3. The molecule has 0 bridgehead atoms. The molecule has 3 aromatic rings. The number of rotatable bonds is 1. The first kappa shape index (κ1) is 9.46. The summed E-state index contributed by atoms with van der Waals surface area (Å²) in [5.41, 5.74) is 5.91. The number of anilines is 1. The molecule has 0 atom stereocenters. The quantitative estimate of drug-likeness (QED) is 0.525. The molecule has 0 amide bonds. The molecule has 0 aromatic carbocycles. The topological polar surface area (TPSA) is 126 Å². The fourth-order valence-corrected chi connectivity index (χ4v) is 1.49. The van der Waals surface area contributed by atoms with E-state index in [1.807, 2.05) is 6.07 Å². The van der Waals surface area contributed by atoms with E-state index in [0.717, 1.165) is 5.39 Å². The summed E-state index contributed by atoms with van der Waals surface area (Å²) in [5.74, 6) is 0.107. The Morgan fingerprint density at radius 3 is 3.00 bits per heavy atom. The van der Waals surface area contributed by atoms with Crippen molar-refractivity contribution in [1.29, 1.82) is 0 Å². The lowest BCUT2D eigenvalue weighted by molar-refractivity contribution is 0.953. The number of nitrogens with zero attached hydrogens (tertiary/aromatic N) is 4. The monoisotopic (exact) mass is 229 g/mol. The molecule has 0 radical (unpaired) electrons. The SMILES string of the molecule is Nc1nnc(-c2[nH]nc3ncccc23)[nH]c1=O. The Morgan fingerprint density at radius 1 is 1.29 bits per heavy atom. The molecule has 3 rings (SSSR count). The maximum Gasteiger partial charge on any atom is 0.294 e. The van der Waals surface area contributed by atoms with Crippen LogP contribution in [0.1, 0.15) is 0 Å². The minimum Gasteiger partial charge on any atom is -0.378 e. The lowest BCUT2D eigenvalue weighted by Gasteiger charge is -1.96. The molecular weight excluding hydrogens is 222 g/mol. The minimum absolute atomic E-state index is 0.171. The van der Waals surface area contributed by atoms with Crippen molar-refractivity contribution in [3.05, 3.63) is 28.7 Å². The van der Waals surface area contributed by atoms with Gasteiger partial charge in [0.1, 0.15) is 5.69 Å². The van der Waals surface area contributed by atoms with Crippen LogP contribution in [0.5, 0.6) is 0 Å². The molecule has 3 heterocycles. The van der Waals surface area contributed by atoms with Crippen molar-refractivity contribution in [2.75, 3.05) is 5.73 Å². The summed E-state index contributed by atoms with van der Waals surface area (Å²) in [4.78, 5) is 17.9. The summed E-state index contributed by atoms with van der Waals surface area (Å²) in [7, 11) is 0. The summed E-state index contributed by atoms with van der Waals surface area (Å²) in [6.45, 7) is 0. The first-order valence-corrected chi connectivity index (χ1v) is 4.77. The Labute approximate surface area is 93.9 Å². The standard InChI is InChI=1S/C9H7N7O/c10-6-9(17)12-8(16-14-6)5-4-2-1-3-11-7(4)15-13-5/h1-3H,(H2,10,14)(H,11,13,15)(H,12,16,17). The van der Waals surface area contributed by atoms with Crippen LogP contribution in [0.25, 0.3) is 22.6 Å². The molecule has 0 saturated heterocycles. The fraction of sp³-hybridized carbons (Fsp3) is 0. The van der Waals surface area contributed by atoms with E-state index in [2.05, 4.69) is 30.4 Å². The fourth-order valence-electron chi connectivity index (χ4n) is 1.49. The van der Waals surface area contributed by atoms with Crippen LogP contribution in [0, 0.1) is 0 Å². The van der Waals surface area contributed by atoms with E-state index in [-0.39, 0.29) is 11.6 Å². The van der Waals surface area contributed by atoms with Crippen LogP contribution < -0.4 is 11.3 Å². The lowest BCUT2D eigenvalue weighted by atomic mass is 10.2. The number of H-pyrrole nitrogens is 2. The molecule has 8 heteroatoms. The number of fused-ring (bicyclic) bond motifs is 1. The molecule has 8 nitrogen and oxygen atoms in total. The second-order valence-corrected chi connectivity index (χ2v) is 3.36. The summed E-state index contributed by atoms with van der Waals surface area (Å²) in [6, 6.07) is 3.59. The highest BCUT2D eigenvalue weighted by Gasteiger charge is 2.11. The molecule has 84 valence electrons. The normalized spacial score (nSPS) is 10.8. The van der Waals surface area contributed by atoms with Gasteiger partial charge < -0.3 is 10.7 Å². The number of nitrogen functional groups attached to an aromatic ring is 1. The molecular formula is C9H7N7O. The molecule has 0 spiro atoms. The predicted octanol–water partition coefficient (Wildman–Crippen LogP) is -0.315. The molecule has 0 fully saturated rings. The van der Waals surface area contributed by atoms with Crippen LogP contribution in [0.3, 0.4) is 0 Å². The zero-order chi connectivity index (χ0) is 11.8. The molecule has 0 aliphatic rings. The highest BCUT2D eigenvalue weighted by molar-refractivity contribution is 5.88. The first-order valence-electron chi connectivity index (χ1n) is 4.77. The highest BCUT2D eigenvalue weighted by atomic mass is 16.1. The second kappa shape index (κ2) is 3.37. The highest BCUT2D eigenvalue weighted by Crippen LogP contribution is 2.20. The van der Waals surface area contributed by atoms with Gasteiger partial charge in [0.05, 0.1) is 0 Å². The predicted molar refractivity (Wildman–Crippen MR) is 59.9 cm³/mol. The Bertz CT molecular complexity index is 744. The van der Waals surface area contributed by atoms with Crippen molar-refractivity contribution in [2.45, 2.75) is 0 Å². The van der Waals surface area contributed by atoms with Gasteiger partial charge in [-0.25, -0.2) is 4.98 Å². The largest absolute Gasteiger partial charge is 0.378 e. The zero-order valence-corrected chi connectivity index (χ0v) is 8.51. The Kier molecular flexibility index (Phi) is 1.87. The van der Waals surface area contributed by atoms with Gasteiger partial charge in [0.15, 0.2) is 11.5 Å². The number of hydrogen-bond donors (Lipinski definition) is 3. The maximum atomic E-state index is 11.3.